The number of hydrogen-bond donors (Lipinski definition) is 1. The lowest BCUT2D eigenvalue weighted by atomic mass is 10.1. The molecule has 2 aromatic rings. The Morgan fingerprint density at radius 2 is 2.04 bits per heavy atom. The van der Waals surface area contributed by atoms with Crippen LogP contribution in [0.3, 0.4) is 0 Å². The van der Waals surface area contributed by atoms with Crippen LogP contribution < -0.4 is 9.46 Å². The fourth-order valence-corrected chi connectivity index (χ4v) is 4.01. The van der Waals surface area contributed by atoms with Crippen LogP contribution in [0.2, 0.25) is 0 Å². The van der Waals surface area contributed by atoms with Gasteiger partial charge >= 0.3 is 0 Å². The summed E-state index contributed by atoms with van der Waals surface area (Å²) in [5, 5.41) is 3.93. The molecule has 1 N–H and O–H groups in total. The van der Waals surface area contributed by atoms with E-state index in [9.17, 15) is 12.8 Å². The van der Waals surface area contributed by atoms with Crippen LogP contribution in [-0.2, 0) is 10.0 Å². The summed E-state index contributed by atoms with van der Waals surface area (Å²) in [6.07, 6.45) is 0. The summed E-state index contributed by atoms with van der Waals surface area (Å²) in [6, 6.07) is 5.50. The SMILES string of the molecule is CCOc1ccc(S(=O)(=O)NCC(c2ccsc2)N(C)C)cc1F.Cl. The molecule has 0 aliphatic rings. The molecule has 1 aromatic heterocycles. The molecular weight excluding hydrogens is 387 g/mol. The van der Waals surface area contributed by atoms with Crippen LogP contribution in [0.4, 0.5) is 4.39 Å². The molecule has 0 aliphatic heterocycles. The number of nitrogens with one attached hydrogen (secondary N) is 1. The van der Waals surface area contributed by atoms with Crippen molar-refractivity contribution in [2.45, 2.75) is 17.9 Å². The molecule has 1 unspecified atom stereocenters. The average Bonchev–Trinajstić information content (AvgIpc) is 3.03. The maximum absolute atomic E-state index is 13.9. The second kappa shape index (κ2) is 9.49. The van der Waals surface area contributed by atoms with Crippen molar-refractivity contribution in [3.05, 3.63) is 46.4 Å². The lowest BCUT2D eigenvalue weighted by molar-refractivity contribution is 0.300. The number of nitrogens with zero attached hydrogens (tertiary/aromatic N) is 1. The van der Waals surface area contributed by atoms with Crippen LogP contribution in [0, 0.1) is 5.82 Å². The average molecular weight is 409 g/mol. The summed E-state index contributed by atoms with van der Waals surface area (Å²) in [6.45, 7) is 2.24. The van der Waals surface area contributed by atoms with Crippen molar-refractivity contribution in [2.75, 3.05) is 27.2 Å². The molecule has 1 heterocycles. The van der Waals surface area contributed by atoms with Crippen LogP contribution in [0.15, 0.2) is 39.9 Å². The lowest BCUT2D eigenvalue weighted by Gasteiger charge is -2.24. The predicted octanol–water partition coefficient (Wildman–Crippen LogP) is 3.29. The predicted molar refractivity (Wildman–Crippen MR) is 101 cm³/mol. The number of rotatable bonds is 8. The first-order valence-electron chi connectivity index (χ1n) is 7.45. The van der Waals surface area contributed by atoms with Gasteiger partial charge in [0.15, 0.2) is 11.6 Å². The van der Waals surface area contributed by atoms with Gasteiger partial charge in [-0.2, -0.15) is 11.3 Å². The second-order valence-electron chi connectivity index (χ2n) is 5.41. The monoisotopic (exact) mass is 408 g/mol. The van der Waals surface area contributed by atoms with E-state index in [0.717, 1.165) is 11.6 Å². The molecule has 25 heavy (non-hydrogen) atoms. The van der Waals surface area contributed by atoms with Gasteiger partial charge in [-0.05, 0) is 61.6 Å². The molecular formula is C16H22ClFN2O3S2. The molecule has 0 saturated carbocycles. The number of hydrogen-bond acceptors (Lipinski definition) is 5. The zero-order valence-corrected chi connectivity index (χ0v) is 16.7. The first-order chi connectivity index (χ1) is 11.3. The smallest absolute Gasteiger partial charge is 0.240 e. The van der Waals surface area contributed by atoms with Gasteiger partial charge in [0.25, 0.3) is 0 Å². The van der Waals surface area contributed by atoms with Gasteiger partial charge in [-0.25, -0.2) is 17.5 Å². The quantitative estimate of drug-likeness (QED) is 0.728. The molecule has 2 rings (SSSR count). The van der Waals surface area contributed by atoms with Crippen molar-refractivity contribution < 1.29 is 17.5 Å². The number of thiophene rings is 1. The fourth-order valence-electron chi connectivity index (χ4n) is 2.26. The van der Waals surface area contributed by atoms with E-state index in [4.69, 9.17) is 4.74 Å². The van der Waals surface area contributed by atoms with Crippen LogP contribution >= 0.6 is 23.7 Å². The number of sulfonamides is 1. The maximum Gasteiger partial charge on any atom is 0.240 e. The van der Waals surface area contributed by atoms with Gasteiger partial charge in [-0.1, -0.05) is 0 Å². The van der Waals surface area contributed by atoms with Crippen molar-refractivity contribution in [2.24, 2.45) is 0 Å². The Bertz CT molecular complexity index is 768. The molecule has 0 amide bonds. The van der Waals surface area contributed by atoms with E-state index in [-0.39, 0.29) is 35.6 Å². The first kappa shape index (κ1) is 21.9. The molecule has 140 valence electrons. The summed E-state index contributed by atoms with van der Waals surface area (Å²) < 4.78 is 46.4. The van der Waals surface area contributed by atoms with Crippen molar-refractivity contribution >= 4 is 33.8 Å². The van der Waals surface area contributed by atoms with E-state index in [2.05, 4.69) is 4.72 Å². The second-order valence-corrected chi connectivity index (χ2v) is 7.96. The van der Waals surface area contributed by atoms with Crippen molar-refractivity contribution in [3.8, 4) is 5.75 Å². The number of likely N-dealkylation sites (N-methyl/N-ethyl adjacent to an activating group) is 1. The topological polar surface area (TPSA) is 58.6 Å². The zero-order chi connectivity index (χ0) is 17.7. The van der Waals surface area contributed by atoms with Crippen molar-refractivity contribution in [3.63, 3.8) is 0 Å². The fraction of sp³-hybridized carbons (Fsp3) is 0.375. The Balaban J connectivity index is 0.00000312. The Morgan fingerprint density at radius 1 is 1.32 bits per heavy atom. The molecule has 9 heteroatoms. The standard InChI is InChI=1S/C16H21FN2O3S2.ClH/c1-4-22-16-6-5-13(9-14(16)17)24(20,21)18-10-15(19(2)3)12-7-8-23-11-12;/h5-9,11,15,18H,4,10H2,1-3H3;1H. The normalized spacial score (nSPS) is 12.7. The molecule has 5 nitrogen and oxygen atoms in total. The van der Waals surface area contributed by atoms with E-state index in [1.165, 1.54) is 12.1 Å². The van der Waals surface area contributed by atoms with Crippen molar-refractivity contribution in [1.29, 1.82) is 0 Å². The van der Waals surface area contributed by atoms with Gasteiger partial charge in [0, 0.05) is 12.6 Å². The van der Waals surface area contributed by atoms with E-state index in [0.29, 0.717) is 6.61 Å². The third-order valence-corrected chi connectivity index (χ3v) is 5.65. The summed E-state index contributed by atoms with van der Waals surface area (Å²) >= 11 is 1.56. The summed E-state index contributed by atoms with van der Waals surface area (Å²) in [7, 11) is -0.0387. The van der Waals surface area contributed by atoms with Crippen LogP contribution in [0.25, 0.3) is 0 Å². The number of ether oxygens (including phenoxy) is 1. The molecule has 0 aliphatic carbocycles. The Kier molecular flexibility index (Phi) is 8.30. The molecule has 0 spiro atoms. The number of halogens is 2. The zero-order valence-electron chi connectivity index (χ0n) is 14.2. The highest BCUT2D eigenvalue weighted by molar-refractivity contribution is 7.89. The summed E-state index contributed by atoms with van der Waals surface area (Å²) in [5.74, 6) is -0.650. The lowest BCUT2D eigenvalue weighted by Crippen LogP contribution is -2.34. The Hall–Kier alpha value is -1.19. The number of benzene rings is 1. The van der Waals surface area contributed by atoms with Crippen LogP contribution in [0.5, 0.6) is 5.75 Å². The van der Waals surface area contributed by atoms with Gasteiger partial charge < -0.3 is 9.64 Å². The third-order valence-electron chi connectivity index (χ3n) is 3.53. The molecule has 0 bridgehead atoms. The largest absolute Gasteiger partial charge is 0.491 e. The molecule has 0 saturated heterocycles. The first-order valence-corrected chi connectivity index (χ1v) is 9.88. The van der Waals surface area contributed by atoms with Crippen LogP contribution in [0.1, 0.15) is 18.5 Å². The highest BCUT2D eigenvalue weighted by Gasteiger charge is 2.21. The van der Waals surface area contributed by atoms with Gasteiger partial charge in [0.05, 0.1) is 11.5 Å². The van der Waals surface area contributed by atoms with Gasteiger partial charge in [-0.3, -0.25) is 0 Å². The minimum atomic E-state index is -3.80. The van der Waals surface area contributed by atoms with E-state index in [1.807, 2.05) is 35.8 Å². The van der Waals surface area contributed by atoms with E-state index in [1.54, 1.807) is 18.3 Å². The third kappa shape index (κ3) is 5.65. The van der Waals surface area contributed by atoms with Gasteiger partial charge in [-0.15, -0.1) is 12.4 Å². The maximum atomic E-state index is 13.9. The van der Waals surface area contributed by atoms with Gasteiger partial charge in [0.1, 0.15) is 0 Å². The van der Waals surface area contributed by atoms with E-state index >= 15 is 0 Å². The van der Waals surface area contributed by atoms with Gasteiger partial charge in [0.2, 0.25) is 10.0 Å². The molecule has 1 atom stereocenters. The summed E-state index contributed by atoms with van der Waals surface area (Å²) in [5.41, 5.74) is 1.03. The van der Waals surface area contributed by atoms with E-state index < -0.39 is 15.8 Å². The minimum Gasteiger partial charge on any atom is -0.491 e. The Labute approximate surface area is 158 Å². The molecule has 0 fully saturated rings. The minimum absolute atomic E-state index is 0. The molecule has 1 aromatic carbocycles. The Morgan fingerprint density at radius 3 is 2.56 bits per heavy atom. The van der Waals surface area contributed by atoms with Crippen LogP contribution in [-0.4, -0.2) is 40.6 Å². The van der Waals surface area contributed by atoms with Crippen molar-refractivity contribution in [1.82, 2.24) is 9.62 Å². The summed E-state index contributed by atoms with van der Waals surface area (Å²) in [4.78, 5) is 1.81. The highest BCUT2D eigenvalue weighted by Crippen LogP contribution is 2.23. The molecule has 0 radical (unpaired) electrons. The highest BCUT2D eigenvalue weighted by atomic mass is 35.5.